The van der Waals surface area contributed by atoms with Crippen LogP contribution in [0.25, 0.3) is 21.0 Å². The number of thiocarbonyl (C=S) groups is 1. The molecule has 156 valence electrons. The normalized spacial score (nSPS) is 10.9. The van der Waals surface area contributed by atoms with E-state index in [9.17, 15) is 4.79 Å². The minimum absolute atomic E-state index is 0.230. The highest BCUT2D eigenvalue weighted by Gasteiger charge is 2.11. The highest BCUT2D eigenvalue weighted by Crippen LogP contribution is 2.24. The van der Waals surface area contributed by atoms with Gasteiger partial charge in [-0.05, 0) is 58.9 Å². The van der Waals surface area contributed by atoms with Crippen molar-refractivity contribution < 1.29 is 4.79 Å². The lowest BCUT2D eigenvalue weighted by Crippen LogP contribution is -2.34. The van der Waals surface area contributed by atoms with Crippen LogP contribution in [-0.2, 0) is 6.42 Å². The predicted molar refractivity (Wildman–Crippen MR) is 137 cm³/mol. The fraction of sp³-hybridized carbons (Fsp3) is 0.0385. The molecule has 0 aliphatic rings. The van der Waals surface area contributed by atoms with E-state index in [2.05, 4.69) is 16.7 Å². The Balaban J connectivity index is 1.23. The van der Waals surface area contributed by atoms with E-state index in [1.165, 1.54) is 10.3 Å². The van der Waals surface area contributed by atoms with E-state index >= 15 is 0 Å². The molecule has 0 radical (unpaired) electrons. The van der Waals surface area contributed by atoms with E-state index in [0.717, 1.165) is 33.4 Å². The molecule has 0 aliphatic heterocycles. The number of amides is 1. The van der Waals surface area contributed by atoms with Crippen LogP contribution >= 0.6 is 23.6 Å². The average Bonchev–Trinajstić information content (AvgIpc) is 3.22. The van der Waals surface area contributed by atoms with Crippen LogP contribution in [-0.4, -0.2) is 16.0 Å². The second kappa shape index (κ2) is 8.86. The van der Waals surface area contributed by atoms with Gasteiger partial charge in [-0.2, -0.15) is 0 Å². The fourth-order valence-electron chi connectivity index (χ4n) is 3.63. The van der Waals surface area contributed by atoms with Gasteiger partial charge in [-0.3, -0.25) is 10.1 Å². The van der Waals surface area contributed by atoms with Crippen molar-refractivity contribution in [1.29, 1.82) is 0 Å². The van der Waals surface area contributed by atoms with Gasteiger partial charge in [0.1, 0.15) is 0 Å². The second-order valence-electron chi connectivity index (χ2n) is 7.38. The Kier molecular flexibility index (Phi) is 5.62. The molecule has 4 nitrogen and oxygen atoms in total. The number of nitrogens with zero attached hydrogens (tertiary/aromatic N) is 1. The molecule has 0 saturated heterocycles. The molecule has 6 heteroatoms. The third-order valence-electron chi connectivity index (χ3n) is 5.17. The number of carbonyl (C=O) groups is 1. The van der Waals surface area contributed by atoms with E-state index in [0.29, 0.717) is 5.56 Å². The first-order valence-corrected chi connectivity index (χ1v) is 11.4. The fourth-order valence-corrected chi connectivity index (χ4v) is 4.84. The molecule has 32 heavy (non-hydrogen) atoms. The topological polar surface area (TPSA) is 54.0 Å². The van der Waals surface area contributed by atoms with Crippen LogP contribution in [0.4, 0.5) is 5.69 Å². The first-order valence-electron chi connectivity index (χ1n) is 10.2. The Morgan fingerprint density at radius 1 is 0.875 bits per heavy atom. The molecular weight excluding hydrogens is 434 g/mol. The summed E-state index contributed by atoms with van der Waals surface area (Å²) in [6.45, 7) is 0. The quantitative estimate of drug-likeness (QED) is 0.320. The van der Waals surface area contributed by atoms with Gasteiger partial charge in [0.25, 0.3) is 5.91 Å². The maximum absolute atomic E-state index is 12.7. The van der Waals surface area contributed by atoms with Gasteiger partial charge in [0.05, 0.1) is 15.2 Å². The van der Waals surface area contributed by atoms with Crippen LogP contribution in [0.1, 0.15) is 20.9 Å². The van der Waals surface area contributed by atoms with E-state index in [1.54, 1.807) is 17.4 Å². The molecule has 5 rings (SSSR count). The minimum atomic E-state index is -0.230. The molecule has 0 saturated carbocycles. The molecule has 1 aromatic heterocycles. The molecule has 0 aliphatic carbocycles. The Bertz CT molecular complexity index is 1400. The van der Waals surface area contributed by atoms with Crippen molar-refractivity contribution in [1.82, 2.24) is 10.3 Å². The number of carbonyl (C=O) groups excluding carboxylic acids is 1. The zero-order valence-electron chi connectivity index (χ0n) is 17.0. The largest absolute Gasteiger partial charge is 0.332 e. The van der Waals surface area contributed by atoms with Gasteiger partial charge in [0.15, 0.2) is 5.11 Å². The highest BCUT2D eigenvalue weighted by atomic mass is 32.1. The number of hydrogen-bond donors (Lipinski definition) is 2. The molecule has 0 fully saturated rings. The van der Waals surface area contributed by atoms with Crippen LogP contribution in [0.15, 0.2) is 91.0 Å². The molecule has 1 amide bonds. The van der Waals surface area contributed by atoms with Gasteiger partial charge in [-0.15, -0.1) is 11.3 Å². The van der Waals surface area contributed by atoms with Gasteiger partial charge in [0, 0.05) is 17.7 Å². The SMILES string of the molecule is O=C(NC(=S)Nc1ccc(Cc2nc3ccccc3s2)cc1)c1cccc2ccccc12. The zero-order valence-corrected chi connectivity index (χ0v) is 18.7. The van der Waals surface area contributed by atoms with Crippen molar-refractivity contribution in [3.8, 4) is 0 Å². The monoisotopic (exact) mass is 453 g/mol. The van der Waals surface area contributed by atoms with E-state index in [-0.39, 0.29) is 11.0 Å². The summed E-state index contributed by atoms with van der Waals surface area (Å²) in [7, 11) is 0. The smallest absolute Gasteiger partial charge is 0.258 e. The summed E-state index contributed by atoms with van der Waals surface area (Å²) in [5.41, 5.74) is 3.62. The number of para-hydroxylation sites is 1. The molecule has 0 unspecified atom stereocenters. The van der Waals surface area contributed by atoms with Crippen LogP contribution < -0.4 is 10.6 Å². The van der Waals surface area contributed by atoms with Gasteiger partial charge in [-0.25, -0.2) is 4.98 Å². The van der Waals surface area contributed by atoms with Crippen molar-refractivity contribution >= 4 is 61.3 Å². The summed E-state index contributed by atoms with van der Waals surface area (Å²) in [5.74, 6) is -0.230. The lowest BCUT2D eigenvalue weighted by atomic mass is 10.0. The second-order valence-corrected chi connectivity index (χ2v) is 8.91. The van der Waals surface area contributed by atoms with E-state index in [1.807, 2.05) is 78.9 Å². The van der Waals surface area contributed by atoms with Crippen molar-refractivity contribution in [3.05, 3.63) is 107 Å². The lowest BCUT2D eigenvalue weighted by molar-refractivity contribution is 0.0979. The average molecular weight is 454 g/mol. The number of thiazole rings is 1. The number of rotatable bonds is 4. The molecule has 2 N–H and O–H groups in total. The number of fused-ring (bicyclic) bond motifs is 2. The van der Waals surface area contributed by atoms with Crippen LogP contribution in [0.5, 0.6) is 0 Å². The van der Waals surface area contributed by atoms with Crippen LogP contribution in [0.2, 0.25) is 0 Å². The van der Waals surface area contributed by atoms with Crippen molar-refractivity contribution in [2.75, 3.05) is 5.32 Å². The van der Waals surface area contributed by atoms with Crippen LogP contribution in [0, 0.1) is 0 Å². The maximum Gasteiger partial charge on any atom is 0.258 e. The first-order chi connectivity index (χ1) is 15.7. The Morgan fingerprint density at radius 3 is 2.47 bits per heavy atom. The van der Waals surface area contributed by atoms with Gasteiger partial charge < -0.3 is 5.32 Å². The van der Waals surface area contributed by atoms with Crippen molar-refractivity contribution in [2.24, 2.45) is 0 Å². The molecule has 0 bridgehead atoms. The van der Waals surface area contributed by atoms with Crippen molar-refractivity contribution in [3.63, 3.8) is 0 Å². The zero-order chi connectivity index (χ0) is 21.9. The summed E-state index contributed by atoms with van der Waals surface area (Å²) in [6, 6.07) is 29.6. The number of aromatic nitrogens is 1. The summed E-state index contributed by atoms with van der Waals surface area (Å²) < 4.78 is 1.20. The molecule has 1 heterocycles. The third kappa shape index (κ3) is 4.37. The minimum Gasteiger partial charge on any atom is -0.332 e. The first kappa shape index (κ1) is 20.3. The van der Waals surface area contributed by atoms with Crippen LogP contribution in [0.3, 0.4) is 0 Å². The Morgan fingerprint density at radius 2 is 1.62 bits per heavy atom. The maximum atomic E-state index is 12.7. The standard InChI is InChI=1S/C26H19N3OS2/c30-25(21-9-5-7-18-6-1-2-8-20(18)21)29-26(31)27-19-14-12-17(13-15-19)16-24-28-22-10-3-4-11-23(22)32-24/h1-15H,16H2,(H2,27,29,30,31). The van der Waals surface area contributed by atoms with E-state index in [4.69, 9.17) is 17.2 Å². The Labute approximate surface area is 194 Å². The highest BCUT2D eigenvalue weighted by molar-refractivity contribution is 7.80. The van der Waals surface area contributed by atoms with Gasteiger partial charge >= 0.3 is 0 Å². The summed E-state index contributed by atoms with van der Waals surface area (Å²) in [4.78, 5) is 17.4. The number of anilines is 1. The van der Waals surface area contributed by atoms with E-state index < -0.39 is 0 Å². The third-order valence-corrected chi connectivity index (χ3v) is 6.41. The van der Waals surface area contributed by atoms with Gasteiger partial charge in [-0.1, -0.05) is 60.7 Å². The Hall–Kier alpha value is -3.61. The van der Waals surface area contributed by atoms with Gasteiger partial charge in [0.2, 0.25) is 0 Å². The molecule has 0 spiro atoms. The van der Waals surface area contributed by atoms with Crippen molar-refractivity contribution in [2.45, 2.75) is 6.42 Å². The predicted octanol–water partition coefficient (Wildman–Crippen LogP) is 6.17. The molecule has 0 atom stereocenters. The number of benzene rings is 4. The molecule has 4 aromatic carbocycles. The number of nitrogens with one attached hydrogen (secondary N) is 2. The summed E-state index contributed by atoms with van der Waals surface area (Å²) in [5, 5.41) is 9.14. The summed E-state index contributed by atoms with van der Waals surface area (Å²) >= 11 is 7.08. The molecular formula is C26H19N3OS2. The molecule has 5 aromatic rings. The number of hydrogen-bond acceptors (Lipinski definition) is 4. The lowest BCUT2D eigenvalue weighted by Gasteiger charge is -2.11. The summed E-state index contributed by atoms with van der Waals surface area (Å²) in [6.07, 6.45) is 0.780.